The molecule has 1 aliphatic rings. The summed E-state index contributed by atoms with van der Waals surface area (Å²) in [7, 11) is 0. The summed E-state index contributed by atoms with van der Waals surface area (Å²) < 4.78 is 0.306. The first-order chi connectivity index (χ1) is 14.6. The van der Waals surface area contributed by atoms with Gasteiger partial charge in [-0.1, -0.05) is 66.4 Å². The van der Waals surface area contributed by atoms with Crippen molar-refractivity contribution in [3.63, 3.8) is 0 Å². The average Bonchev–Trinajstić information content (AvgIpc) is 3.38. The van der Waals surface area contributed by atoms with Crippen LogP contribution in [0.3, 0.4) is 0 Å². The van der Waals surface area contributed by atoms with E-state index in [1.54, 1.807) is 12.1 Å². The molecule has 2 amide bonds. The molecule has 0 atom stereocenters. The van der Waals surface area contributed by atoms with E-state index in [1.807, 2.05) is 47.9 Å². The molecule has 0 bridgehead atoms. The molecule has 1 N–H and O–H groups in total. The number of thiophene rings is 1. The fourth-order valence-electron chi connectivity index (χ4n) is 3.46. The van der Waals surface area contributed by atoms with Crippen LogP contribution < -0.4 is 5.43 Å². The lowest BCUT2D eigenvalue weighted by atomic mass is 9.96. The fraction of sp³-hybridized carbons (Fsp3) is 0. The largest absolute Gasteiger partial charge is 0.285 e. The molecular formula is C23H14N2O2S3. The van der Waals surface area contributed by atoms with Crippen molar-refractivity contribution in [1.82, 2.24) is 10.4 Å². The van der Waals surface area contributed by atoms with Crippen LogP contribution in [-0.4, -0.2) is 21.1 Å². The monoisotopic (exact) mass is 446 g/mol. The molecule has 3 aromatic carbocycles. The minimum absolute atomic E-state index is 0.306. The van der Waals surface area contributed by atoms with Crippen molar-refractivity contribution in [2.45, 2.75) is 0 Å². The van der Waals surface area contributed by atoms with Crippen LogP contribution in [0.5, 0.6) is 0 Å². The van der Waals surface area contributed by atoms with Gasteiger partial charge in [0, 0.05) is 0 Å². The van der Waals surface area contributed by atoms with Crippen molar-refractivity contribution in [2.75, 3.05) is 0 Å². The van der Waals surface area contributed by atoms with Crippen LogP contribution in [0.4, 0.5) is 0 Å². The lowest BCUT2D eigenvalue weighted by Gasteiger charge is -2.14. The fourth-order valence-corrected chi connectivity index (χ4v) is 5.24. The molecule has 5 rings (SSSR count). The molecule has 7 heteroatoms. The SMILES string of the molecule is O=C(NN1C(=O)/C(=C\c2c3ccccc3cc3ccccc23)SC1=S)c1cccs1. The number of hydrogen-bond acceptors (Lipinski definition) is 5. The number of thioether (sulfide) groups is 1. The van der Waals surface area contributed by atoms with Crippen molar-refractivity contribution < 1.29 is 9.59 Å². The summed E-state index contributed by atoms with van der Waals surface area (Å²) in [6.45, 7) is 0. The minimum Gasteiger partial charge on any atom is -0.266 e. The number of nitrogens with zero attached hydrogens (tertiary/aromatic N) is 1. The van der Waals surface area contributed by atoms with Gasteiger partial charge in [0.1, 0.15) is 0 Å². The van der Waals surface area contributed by atoms with Gasteiger partial charge in [-0.15, -0.1) is 11.3 Å². The molecule has 0 aliphatic carbocycles. The van der Waals surface area contributed by atoms with Gasteiger partial charge >= 0.3 is 0 Å². The Morgan fingerprint density at radius 1 is 0.967 bits per heavy atom. The molecule has 2 heterocycles. The second-order valence-electron chi connectivity index (χ2n) is 6.67. The molecule has 0 saturated carbocycles. The highest BCUT2D eigenvalue weighted by Gasteiger charge is 2.34. The van der Waals surface area contributed by atoms with E-state index in [-0.39, 0.29) is 11.8 Å². The molecule has 1 saturated heterocycles. The maximum Gasteiger partial charge on any atom is 0.285 e. The van der Waals surface area contributed by atoms with Gasteiger partial charge < -0.3 is 0 Å². The summed E-state index contributed by atoms with van der Waals surface area (Å²) in [4.78, 5) is 26.4. The first-order valence-electron chi connectivity index (χ1n) is 9.15. The lowest BCUT2D eigenvalue weighted by Crippen LogP contribution is -2.44. The normalized spacial score (nSPS) is 15.5. The number of carbonyl (C=O) groups excluding carboxylic acids is 2. The third-order valence-electron chi connectivity index (χ3n) is 4.84. The van der Waals surface area contributed by atoms with E-state index in [0.717, 1.165) is 32.1 Å². The van der Waals surface area contributed by atoms with Crippen LogP contribution >= 0.6 is 35.3 Å². The maximum atomic E-state index is 13.0. The number of amides is 2. The molecule has 0 spiro atoms. The predicted octanol–water partition coefficient (Wildman–Crippen LogP) is 5.60. The zero-order valence-corrected chi connectivity index (χ0v) is 17.9. The van der Waals surface area contributed by atoms with Crippen LogP contribution in [-0.2, 0) is 4.79 Å². The lowest BCUT2D eigenvalue weighted by molar-refractivity contribution is -0.123. The summed E-state index contributed by atoms with van der Waals surface area (Å²) >= 11 is 7.87. The highest BCUT2D eigenvalue weighted by molar-refractivity contribution is 8.26. The maximum absolute atomic E-state index is 13.0. The molecule has 146 valence electrons. The van der Waals surface area contributed by atoms with E-state index >= 15 is 0 Å². The standard InChI is InChI=1S/C23H14N2O2S3/c26-21(19-10-5-11-29-19)24-25-22(27)20(30-23(25)28)13-18-16-8-3-1-6-14(16)12-15-7-2-4-9-17(15)18/h1-13H,(H,24,26)/b20-13+. The van der Waals surface area contributed by atoms with Crippen LogP contribution in [0.15, 0.2) is 77.0 Å². The summed E-state index contributed by atoms with van der Waals surface area (Å²) in [6, 6.07) is 21.8. The molecule has 4 nitrogen and oxygen atoms in total. The Bertz CT molecular complexity index is 1310. The highest BCUT2D eigenvalue weighted by atomic mass is 32.2. The van der Waals surface area contributed by atoms with Gasteiger partial charge in [0.05, 0.1) is 9.78 Å². The Morgan fingerprint density at radius 2 is 1.63 bits per heavy atom. The van der Waals surface area contributed by atoms with Gasteiger partial charge in [0.2, 0.25) is 0 Å². The number of benzene rings is 3. The third kappa shape index (κ3) is 3.31. The molecule has 1 fully saturated rings. The van der Waals surface area contributed by atoms with Gasteiger partial charge in [0.15, 0.2) is 4.32 Å². The van der Waals surface area contributed by atoms with Crippen molar-refractivity contribution in [2.24, 2.45) is 0 Å². The number of hydrogen-bond donors (Lipinski definition) is 1. The number of rotatable bonds is 3. The van der Waals surface area contributed by atoms with Crippen molar-refractivity contribution in [3.05, 3.63) is 87.5 Å². The molecule has 30 heavy (non-hydrogen) atoms. The Balaban J connectivity index is 1.56. The first-order valence-corrected chi connectivity index (χ1v) is 11.3. The zero-order chi connectivity index (χ0) is 20.7. The van der Waals surface area contributed by atoms with Crippen LogP contribution in [0, 0.1) is 0 Å². The predicted molar refractivity (Wildman–Crippen MR) is 128 cm³/mol. The van der Waals surface area contributed by atoms with Crippen molar-refractivity contribution in [1.29, 1.82) is 0 Å². The van der Waals surface area contributed by atoms with E-state index in [2.05, 4.69) is 23.6 Å². The summed E-state index contributed by atoms with van der Waals surface area (Å²) in [5, 5.41) is 7.28. The number of nitrogens with one attached hydrogen (secondary N) is 1. The van der Waals surface area contributed by atoms with Gasteiger partial charge in [-0.2, -0.15) is 5.01 Å². The summed E-state index contributed by atoms with van der Waals surface area (Å²) in [5.74, 6) is -0.676. The van der Waals surface area contributed by atoms with Gasteiger partial charge in [-0.25, -0.2) is 0 Å². The van der Waals surface area contributed by atoms with Gasteiger partial charge in [0.25, 0.3) is 11.8 Å². The molecule has 1 aromatic heterocycles. The third-order valence-corrected chi connectivity index (χ3v) is 7.01. The van der Waals surface area contributed by atoms with Crippen molar-refractivity contribution >= 4 is 79.1 Å². The second-order valence-corrected chi connectivity index (χ2v) is 9.29. The molecule has 1 aliphatic heterocycles. The molecule has 0 radical (unpaired) electrons. The number of fused-ring (bicyclic) bond motifs is 2. The molecule has 4 aromatic rings. The van der Waals surface area contributed by atoms with Crippen LogP contribution in [0.2, 0.25) is 0 Å². The van der Waals surface area contributed by atoms with Crippen LogP contribution in [0.1, 0.15) is 15.2 Å². The van der Waals surface area contributed by atoms with E-state index in [1.165, 1.54) is 23.1 Å². The minimum atomic E-state index is -0.349. The van der Waals surface area contributed by atoms with Gasteiger partial charge in [-0.05, 0) is 62.9 Å². The topological polar surface area (TPSA) is 49.4 Å². The highest BCUT2D eigenvalue weighted by Crippen LogP contribution is 2.36. The molecular weight excluding hydrogens is 432 g/mol. The van der Waals surface area contributed by atoms with E-state index in [0.29, 0.717) is 14.1 Å². The van der Waals surface area contributed by atoms with Gasteiger partial charge in [-0.3, -0.25) is 15.0 Å². The Morgan fingerprint density at radius 3 is 2.27 bits per heavy atom. The summed E-state index contributed by atoms with van der Waals surface area (Å²) in [5.41, 5.74) is 3.59. The Kier molecular flexibility index (Phi) is 4.86. The average molecular weight is 447 g/mol. The summed E-state index contributed by atoms with van der Waals surface area (Å²) in [6.07, 6.45) is 1.88. The second kappa shape index (κ2) is 7.68. The number of hydrazine groups is 1. The zero-order valence-electron chi connectivity index (χ0n) is 15.5. The Labute approximate surface area is 186 Å². The van der Waals surface area contributed by atoms with E-state index in [4.69, 9.17) is 12.2 Å². The number of thiocarbonyl (C=S) groups is 1. The Hall–Kier alpha value is -3.00. The molecule has 0 unspecified atom stereocenters. The van der Waals surface area contributed by atoms with Crippen LogP contribution in [0.25, 0.3) is 27.6 Å². The smallest absolute Gasteiger partial charge is 0.266 e. The number of carbonyl (C=O) groups is 2. The quantitative estimate of drug-likeness (QED) is 0.253. The van der Waals surface area contributed by atoms with E-state index < -0.39 is 0 Å². The van der Waals surface area contributed by atoms with Crippen molar-refractivity contribution in [3.8, 4) is 0 Å². The van der Waals surface area contributed by atoms with E-state index in [9.17, 15) is 9.59 Å². The first kappa shape index (κ1) is 19.0.